The highest BCUT2D eigenvalue weighted by atomic mass is 16.3. The molecule has 0 radical (unpaired) electrons. The molecule has 0 aromatic rings. The number of hydrogen-bond donors (Lipinski definition) is 2. The summed E-state index contributed by atoms with van der Waals surface area (Å²) in [6.07, 6.45) is 7.07. The summed E-state index contributed by atoms with van der Waals surface area (Å²) >= 11 is 0. The Kier molecular flexibility index (Phi) is 8.95. The van der Waals surface area contributed by atoms with Crippen LogP contribution in [0.2, 0.25) is 0 Å². The highest BCUT2D eigenvalue weighted by Crippen LogP contribution is 2.08. The second-order valence-electron chi connectivity index (χ2n) is 3.37. The molecule has 12 heavy (non-hydrogen) atoms. The molecule has 0 saturated heterocycles. The molecular weight excluding hydrogens is 152 g/mol. The van der Waals surface area contributed by atoms with Crippen molar-refractivity contribution in [2.75, 3.05) is 6.61 Å². The quantitative estimate of drug-likeness (QED) is 0.553. The summed E-state index contributed by atoms with van der Waals surface area (Å²) in [4.78, 5) is 0. The number of rotatable bonds is 8. The van der Waals surface area contributed by atoms with Gasteiger partial charge in [-0.15, -0.1) is 0 Å². The third-order valence-electron chi connectivity index (χ3n) is 2.07. The van der Waals surface area contributed by atoms with Crippen LogP contribution in [0.1, 0.15) is 51.9 Å². The van der Waals surface area contributed by atoms with Crippen molar-refractivity contribution in [3.05, 3.63) is 0 Å². The maximum Gasteiger partial charge on any atom is 0.0540 e. The molecule has 0 fully saturated rings. The van der Waals surface area contributed by atoms with Crippen molar-refractivity contribution in [3.8, 4) is 0 Å². The molecule has 1 atom stereocenters. The standard InChI is InChI=1S/C10H22O2/c1-2-7-10(12)8-5-3-4-6-9-11/h10-12H,2-9H2,1H3. The fourth-order valence-electron chi connectivity index (χ4n) is 1.32. The van der Waals surface area contributed by atoms with Crippen molar-refractivity contribution in [3.63, 3.8) is 0 Å². The SMILES string of the molecule is CCCC(O)CCCCCCO. The molecule has 0 aromatic heterocycles. The van der Waals surface area contributed by atoms with E-state index in [1.54, 1.807) is 0 Å². The smallest absolute Gasteiger partial charge is 0.0540 e. The molecule has 0 heterocycles. The Balaban J connectivity index is 2.97. The van der Waals surface area contributed by atoms with Gasteiger partial charge in [0.15, 0.2) is 0 Å². The van der Waals surface area contributed by atoms with Crippen molar-refractivity contribution in [2.45, 2.75) is 58.0 Å². The van der Waals surface area contributed by atoms with E-state index >= 15 is 0 Å². The lowest BCUT2D eigenvalue weighted by atomic mass is 10.1. The van der Waals surface area contributed by atoms with Gasteiger partial charge in [-0.25, -0.2) is 0 Å². The van der Waals surface area contributed by atoms with Crippen molar-refractivity contribution < 1.29 is 10.2 Å². The second kappa shape index (κ2) is 9.01. The first-order valence-electron chi connectivity index (χ1n) is 5.10. The molecule has 74 valence electrons. The summed E-state index contributed by atoms with van der Waals surface area (Å²) in [6, 6.07) is 0. The maximum atomic E-state index is 9.36. The molecule has 2 N–H and O–H groups in total. The van der Waals surface area contributed by atoms with Gasteiger partial charge in [0.1, 0.15) is 0 Å². The Morgan fingerprint density at radius 3 is 2.25 bits per heavy atom. The summed E-state index contributed by atoms with van der Waals surface area (Å²) < 4.78 is 0. The largest absolute Gasteiger partial charge is 0.396 e. The summed E-state index contributed by atoms with van der Waals surface area (Å²) in [5.74, 6) is 0. The lowest BCUT2D eigenvalue weighted by Gasteiger charge is -2.07. The summed E-state index contributed by atoms with van der Waals surface area (Å²) in [5.41, 5.74) is 0. The summed E-state index contributed by atoms with van der Waals surface area (Å²) in [6.45, 7) is 2.40. The minimum absolute atomic E-state index is 0.0934. The topological polar surface area (TPSA) is 40.5 Å². The van der Waals surface area contributed by atoms with Crippen LogP contribution < -0.4 is 0 Å². The highest BCUT2D eigenvalue weighted by Gasteiger charge is 2.00. The number of aliphatic hydroxyl groups excluding tert-OH is 2. The lowest BCUT2D eigenvalue weighted by molar-refractivity contribution is 0.149. The molecule has 0 aliphatic carbocycles. The molecule has 0 rings (SSSR count). The third kappa shape index (κ3) is 8.02. The first-order chi connectivity index (χ1) is 5.81. The van der Waals surface area contributed by atoms with Gasteiger partial charge >= 0.3 is 0 Å². The van der Waals surface area contributed by atoms with Gasteiger partial charge in [0.2, 0.25) is 0 Å². The molecule has 1 unspecified atom stereocenters. The fraction of sp³-hybridized carbons (Fsp3) is 1.00. The Labute approximate surface area is 75.6 Å². The van der Waals surface area contributed by atoms with Gasteiger partial charge in [0.25, 0.3) is 0 Å². The van der Waals surface area contributed by atoms with Gasteiger partial charge in [-0.3, -0.25) is 0 Å². The van der Waals surface area contributed by atoms with Gasteiger partial charge in [-0.2, -0.15) is 0 Å². The molecule has 2 heteroatoms. The Morgan fingerprint density at radius 1 is 1.00 bits per heavy atom. The van der Waals surface area contributed by atoms with E-state index in [4.69, 9.17) is 5.11 Å². The van der Waals surface area contributed by atoms with Crippen LogP contribution in [-0.2, 0) is 0 Å². The van der Waals surface area contributed by atoms with Crippen molar-refractivity contribution >= 4 is 0 Å². The van der Waals surface area contributed by atoms with E-state index in [1.165, 1.54) is 0 Å². The monoisotopic (exact) mass is 174 g/mol. The normalized spacial score (nSPS) is 13.2. The molecule has 0 bridgehead atoms. The minimum Gasteiger partial charge on any atom is -0.396 e. The van der Waals surface area contributed by atoms with Crippen LogP contribution in [0.15, 0.2) is 0 Å². The second-order valence-corrected chi connectivity index (χ2v) is 3.37. The zero-order valence-corrected chi connectivity index (χ0v) is 8.13. The Bertz CT molecular complexity index is 83.9. The van der Waals surface area contributed by atoms with Crippen molar-refractivity contribution in [1.29, 1.82) is 0 Å². The molecule has 0 aromatic carbocycles. The van der Waals surface area contributed by atoms with E-state index < -0.39 is 0 Å². The van der Waals surface area contributed by atoms with Gasteiger partial charge < -0.3 is 10.2 Å². The molecule has 0 aliphatic heterocycles. The maximum absolute atomic E-state index is 9.36. The third-order valence-corrected chi connectivity index (χ3v) is 2.07. The number of hydrogen-bond acceptors (Lipinski definition) is 2. The van der Waals surface area contributed by atoms with Crippen LogP contribution in [0.4, 0.5) is 0 Å². The van der Waals surface area contributed by atoms with Crippen LogP contribution in [0.25, 0.3) is 0 Å². The predicted octanol–water partition coefficient (Wildman–Crippen LogP) is 2.09. The average molecular weight is 174 g/mol. The summed E-state index contributed by atoms with van der Waals surface area (Å²) in [7, 11) is 0. The van der Waals surface area contributed by atoms with E-state index in [0.29, 0.717) is 6.61 Å². The zero-order chi connectivity index (χ0) is 9.23. The lowest BCUT2D eigenvalue weighted by Crippen LogP contribution is -2.04. The Morgan fingerprint density at radius 2 is 1.67 bits per heavy atom. The van der Waals surface area contributed by atoms with Crippen LogP contribution in [0.3, 0.4) is 0 Å². The first-order valence-corrected chi connectivity index (χ1v) is 5.10. The van der Waals surface area contributed by atoms with Crippen LogP contribution >= 0.6 is 0 Å². The van der Waals surface area contributed by atoms with Crippen molar-refractivity contribution in [1.82, 2.24) is 0 Å². The molecular formula is C10H22O2. The molecule has 0 aliphatic rings. The molecule has 0 saturated carbocycles. The van der Waals surface area contributed by atoms with Gasteiger partial charge in [0.05, 0.1) is 6.10 Å². The summed E-state index contributed by atoms with van der Waals surface area (Å²) in [5, 5.41) is 17.9. The number of unbranched alkanes of at least 4 members (excludes halogenated alkanes) is 3. The molecule has 0 spiro atoms. The molecule has 2 nitrogen and oxygen atoms in total. The minimum atomic E-state index is -0.0934. The van der Waals surface area contributed by atoms with E-state index in [-0.39, 0.29) is 6.10 Å². The molecule has 0 amide bonds. The fourth-order valence-corrected chi connectivity index (χ4v) is 1.32. The Hall–Kier alpha value is -0.0800. The van der Waals surface area contributed by atoms with E-state index in [1.807, 2.05) is 0 Å². The van der Waals surface area contributed by atoms with Gasteiger partial charge in [-0.1, -0.05) is 32.6 Å². The van der Waals surface area contributed by atoms with E-state index in [9.17, 15) is 5.11 Å². The van der Waals surface area contributed by atoms with Crippen LogP contribution in [0, 0.1) is 0 Å². The number of aliphatic hydroxyl groups is 2. The van der Waals surface area contributed by atoms with E-state index in [0.717, 1.165) is 44.9 Å². The van der Waals surface area contributed by atoms with Gasteiger partial charge in [0, 0.05) is 6.61 Å². The predicted molar refractivity (Wildman–Crippen MR) is 51.1 cm³/mol. The van der Waals surface area contributed by atoms with Gasteiger partial charge in [-0.05, 0) is 19.3 Å². The zero-order valence-electron chi connectivity index (χ0n) is 8.13. The van der Waals surface area contributed by atoms with Crippen LogP contribution in [-0.4, -0.2) is 22.9 Å². The van der Waals surface area contributed by atoms with E-state index in [2.05, 4.69) is 6.92 Å². The van der Waals surface area contributed by atoms with Crippen molar-refractivity contribution in [2.24, 2.45) is 0 Å². The average Bonchev–Trinajstić information content (AvgIpc) is 2.05. The first kappa shape index (κ1) is 11.9. The highest BCUT2D eigenvalue weighted by molar-refractivity contribution is 4.54. The van der Waals surface area contributed by atoms with Crippen LogP contribution in [0.5, 0.6) is 0 Å².